The summed E-state index contributed by atoms with van der Waals surface area (Å²) in [6, 6.07) is 7.35. The third-order valence-electron chi connectivity index (χ3n) is 4.52. The van der Waals surface area contributed by atoms with Crippen LogP contribution in [0.2, 0.25) is 0 Å². The minimum Gasteiger partial charge on any atom is -0.374 e. The summed E-state index contributed by atoms with van der Waals surface area (Å²) in [6.07, 6.45) is 4.83. The van der Waals surface area contributed by atoms with Crippen molar-refractivity contribution in [2.75, 3.05) is 38.1 Å². The van der Waals surface area contributed by atoms with Gasteiger partial charge in [-0.05, 0) is 56.0 Å². The van der Waals surface area contributed by atoms with E-state index in [0.717, 1.165) is 13.1 Å². The van der Waals surface area contributed by atoms with Crippen LogP contribution in [0.1, 0.15) is 50.3 Å². The highest BCUT2D eigenvalue weighted by molar-refractivity contribution is 5.56. The van der Waals surface area contributed by atoms with Crippen LogP contribution in [0.25, 0.3) is 0 Å². The minimum atomic E-state index is 0.363. The van der Waals surface area contributed by atoms with Crippen LogP contribution in [-0.2, 0) is 6.42 Å². The number of anilines is 1. The smallest absolute Gasteiger partial charge is 0.0470 e. The highest BCUT2D eigenvalue weighted by Gasteiger charge is 2.20. The van der Waals surface area contributed by atoms with Crippen LogP contribution in [-0.4, -0.2) is 38.1 Å². The van der Waals surface area contributed by atoms with Crippen molar-refractivity contribution < 1.29 is 0 Å². The van der Waals surface area contributed by atoms with Gasteiger partial charge in [0, 0.05) is 31.9 Å². The lowest BCUT2D eigenvalue weighted by Crippen LogP contribution is -2.35. The number of nitrogens with two attached hydrogens (primary N) is 1. The molecule has 0 radical (unpaired) electrons. The summed E-state index contributed by atoms with van der Waals surface area (Å²) in [5.41, 5.74) is 10.4. The molecule has 0 aromatic heterocycles. The first-order valence-electron chi connectivity index (χ1n) is 8.49. The Bertz CT molecular complexity index is 438. The molecule has 0 bridgehead atoms. The van der Waals surface area contributed by atoms with Gasteiger partial charge in [0.15, 0.2) is 0 Å². The fourth-order valence-corrected chi connectivity index (χ4v) is 3.51. The van der Waals surface area contributed by atoms with Crippen LogP contribution < -0.4 is 10.6 Å². The normalized spacial score (nSPS) is 16.1. The van der Waals surface area contributed by atoms with Gasteiger partial charge in [0.05, 0.1) is 0 Å². The topological polar surface area (TPSA) is 32.5 Å². The van der Waals surface area contributed by atoms with Crippen LogP contribution in [0.15, 0.2) is 18.2 Å². The zero-order valence-electron chi connectivity index (χ0n) is 13.9. The SMILES string of the molecule is CCCN(CCC)C(CN)c1ccc2c(c1)CCCN2C. The molecular weight excluding hydrogens is 258 g/mol. The van der Waals surface area contributed by atoms with E-state index in [0.29, 0.717) is 12.6 Å². The quantitative estimate of drug-likeness (QED) is 0.836. The molecule has 1 aromatic carbocycles. The molecule has 2 rings (SSSR count). The first-order valence-corrected chi connectivity index (χ1v) is 8.49. The molecule has 3 heteroatoms. The molecule has 1 aliphatic heterocycles. The van der Waals surface area contributed by atoms with E-state index >= 15 is 0 Å². The lowest BCUT2D eigenvalue weighted by molar-refractivity contribution is 0.202. The fraction of sp³-hybridized carbons (Fsp3) is 0.667. The van der Waals surface area contributed by atoms with Crippen molar-refractivity contribution in [1.29, 1.82) is 0 Å². The zero-order valence-corrected chi connectivity index (χ0v) is 13.9. The second-order valence-corrected chi connectivity index (χ2v) is 6.20. The maximum absolute atomic E-state index is 6.12. The van der Waals surface area contributed by atoms with Gasteiger partial charge in [-0.3, -0.25) is 4.90 Å². The number of hydrogen-bond donors (Lipinski definition) is 1. The van der Waals surface area contributed by atoms with Crippen LogP contribution >= 0.6 is 0 Å². The second-order valence-electron chi connectivity index (χ2n) is 6.20. The molecule has 0 saturated carbocycles. The number of benzene rings is 1. The molecule has 2 N–H and O–H groups in total. The average Bonchev–Trinajstić information content (AvgIpc) is 2.49. The van der Waals surface area contributed by atoms with E-state index in [1.54, 1.807) is 0 Å². The Morgan fingerprint density at radius 2 is 1.95 bits per heavy atom. The van der Waals surface area contributed by atoms with Gasteiger partial charge in [-0.2, -0.15) is 0 Å². The Morgan fingerprint density at radius 3 is 2.57 bits per heavy atom. The second kappa shape index (κ2) is 7.81. The van der Waals surface area contributed by atoms with Gasteiger partial charge in [0.25, 0.3) is 0 Å². The molecule has 1 atom stereocenters. The van der Waals surface area contributed by atoms with Crippen molar-refractivity contribution in [3.05, 3.63) is 29.3 Å². The number of hydrogen-bond acceptors (Lipinski definition) is 3. The molecule has 0 saturated heterocycles. The van der Waals surface area contributed by atoms with Crippen LogP contribution in [0.4, 0.5) is 5.69 Å². The molecular formula is C18H31N3. The molecule has 118 valence electrons. The Balaban J connectivity index is 2.25. The Kier molecular flexibility index (Phi) is 6.07. The summed E-state index contributed by atoms with van der Waals surface area (Å²) in [5.74, 6) is 0. The van der Waals surface area contributed by atoms with Gasteiger partial charge in [0.1, 0.15) is 0 Å². The van der Waals surface area contributed by atoms with Gasteiger partial charge in [-0.25, -0.2) is 0 Å². The molecule has 0 spiro atoms. The predicted octanol–water partition coefficient (Wildman–Crippen LogP) is 3.19. The number of aryl methyl sites for hydroxylation is 1. The van der Waals surface area contributed by atoms with Gasteiger partial charge in [-0.15, -0.1) is 0 Å². The molecule has 0 aliphatic carbocycles. The van der Waals surface area contributed by atoms with E-state index in [9.17, 15) is 0 Å². The van der Waals surface area contributed by atoms with E-state index in [1.807, 2.05) is 0 Å². The molecule has 21 heavy (non-hydrogen) atoms. The van der Waals surface area contributed by atoms with E-state index in [2.05, 4.69) is 48.9 Å². The van der Waals surface area contributed by atoms with Crippen molar-refractivity contribution in [2.45, 2.75) is 45.6 Å². The van der Waals surface area contributed by atoms with E-state index in [1.165, 1.54) is 49.0 Å². The molecule has 1 aliphatic rings. The monoisotopic (exact) mass is 289 g/mol. The predicted molar refractivity (Wildman–Crippen MR) is 92.0 cm³/mol. The summed E-state index contributed by atoms with van der Waals surface area (Å²) in [5, 5.41) is 0. The Morgan fingerprint density at radius 1 is 1.24 bits per heavy atom. The van der Waals surface area contributed by atoms with Crippen molar-refractivity contribution in [3.63, 3.8) is 0 Å². The number of rotatable bonds is 7. The van der Waals surface area contributed by atoms with Crippen molar-refractivity contribution >= 4 is 5.69 Å². The highest BCUT2D eigenvalue weighted by atomic mass is 15.2. The first kappa shape index (κ1) is 16.3. The summed E-state index contributed by atoms with van der Waals surface area (Å²) in [4.78, 5) is 4.92. The molecule has 0 amide bonds. The average molecular weight is 289 g/mol. The van der Waals surface area contributed by atoms with E-state index in [-0.39, 0.29) is 0 Å². The molecule has 3 nitrogen and oxygen atoms in total. The van der Waals surface area contributed by atoms with Gasteiger partial charge in [0.2, 0.25) is 0 Å². The van der Waals surface area contributed by atoms with Crippen LogP contribution in [0.3, 0.4) is 0 Å². The lowest BCUT2D eigenvalue weighted by Gasteiger charge is -2.33. The van der Waals surface area contributed by atoms with Crippen LogP contribution in [0.5, 0.6) is 0 Å². The first-order chi connectivity index (χ1) is 10.2. The van der Waals surface area contributed by atoms with Gasteiger partial charge < -0.3 is 10.6 Å². The molecule has 1 aromatic rings. The molecule has 1 heterocycles. The molecule has 1 unspecified atom stereocenters. The lowest BCUT2D eigenvalue weighted by atomic mass is 9.96. The third kappa shape index (κ3) is 3.78. The van der Waals surface area contributed by atoms with Gasteiger partial charge >= 0.3 is 0 Å². The maximum atomic E-state index is 6.12. The Labute approximate surface area is 130 Å². The van der Waals surface area contributed by atoms with Crippen LogP contribution in [0, 0.1) is 0 Å². The summed E-state index contributed by atoms with van der Waals surface area (Å²) in [6.45, 7) is 8.63. The summed E-state index contributed by atoms with van der Waals surface area (Å²) < 4.78 is 0. The summed E-state index contributed by atoms with van der Waals surface area (Å²) >= 11 is 0. The van der Waals surface area contributed by atoms with Crippen molar-refractivity contribution in [3.8, 4) is 0 Å². The Hall–Kier alpha value is -1.06. The van der Waals surface area contributed by atoms with Crippen molar-refractivity contribution in [2.24, 2.45) is 5.73 Å². The van der Waals surface area contributed by atoms with Crippen molar-refractivity contribution in [1.82, 2.24) is 4.90 Å². The minimum absolute atomic E-state index is 0.363. The fourth-order valence-electron chi connectivity index (χ4n) is 3.51. The number of nitrogens with zero attached hydrogens (tertiary/aromatic N) is 2. The standard InChI is InChI=1S/C18H31N3/c1-4-10-21(11-5-2)18(14-19)16-8-9-17-15(13-16)7-6-12-20(17)3/h8-9,13,18H,4-7,10-12,14,19H2,1-3H3. The zero-order chi connectivity index (χ0) is 15.2. The molecule has 0 fully saturated rings. The highest BCUT2D eigenvalue weighted by Crippen LogP contribution is 2.30. The van der Waals surface area contributed by atoms with E-state index < -0.39 is 0 Å². The van der Waals surface area contributed by atoms with Gasteiger partial charge in [-0.1, -0.05) is 26.0 Å². The van der Waals surface area contributed by atoms with E-state index in [4.69, 9.17) is 5.73 Å². The summed E-state index contributed by atoms with van der Waals surface area (Å²) in [7, 11) is 2.19. The maximum Gasteiger partial charge on any atom is 0.0470 e. The largest absolute Gasteiger partial charge is 0.374 e. The number of fused-ring (bicyclic) bond motifs is 1. The third-order valence-corrected chi connectivity index (χ3v) is 4.52.